The number of thiophene rings is 2. The maximum absolute atomic E-state index is 2.57. The highest BCUT2D eigenvalue weighted by Crippen LogP contribution is 2.54. The first kappa shape index (κ1) is 40.8. The summed E-state index contributed by atoms with van der Waals surface area (Å²) in [6, 6.07) is 67.2. The van der Waals surface area contributed by atoms with E-state index in [1.807, 2.05) is 22.7 Å². The summed E-state index contributed by atoms with van der Waals surface area (Å²) in [5.74, 6) is 0.842. The number of hydrogen-bond donors (Lipinski definition) is 0. The fraction of sp³-hybridized carbons (Fsp3) is 0.161. The summed E-state index contributed by atoms with van der Waals surface area (Å²) < 4.78 is 5.16. The second-order valence-corrected chi connectivity index (χ2v) is 21.8. The molecule has 0 aliphatic heterocycles. The lowest BCUT2D eigenvalue weighted by Crippen LogP contribution is -2.15. The number of fused-ring (bicyclic) bond motifs is 6. The zero-order valence-corrected chi connectivity index (χ0v) is 40.2. The van der Waals surface area contributed by atoms with Crippen molar-refractivity contribution in [2.24, 2.45) is 0 Å². The Hall–Kier alpha value is -6.72. The lowest BCUT2D eigenvalue weighted by molar-refractivity contribution is 0.591. The van der Waals surface area contributed by atoms with Crippen molar-refractivity contribution in [2.75, 3.05) is 9.80 Å². The molecule has 0 fully saturated rings. The van der Waals surface area contributed by atoms with Gasteiger partial charge < -0.3 is 9.80 Å². The zero-order chi connectivity index (χ0) is 45.0. The number of hydrogen-bond acceptors (Lipinski definition) is 4. The quantitative estimate of drug-likeness (QED) is 0.140. The molecular weight excluding hydrogens is 837 g/mol. The minimum atomic E-state index is 0.00450. The molecule has 0 spiro atoms. The largest absolute Gasteiger partial charge is 0.308 e. The highest BCUT2D eigenvalue weighted by Gasteiger charge is 2.28. The highest BCUT2D eigenvalue weighted by molar-refractivity contribution is 7.26. The monoisotopic (exact) mass is 888 g/mol. The van der Waals surface area contributed by atoms with E-state index in [2.05, 4.69) is 234 Å². The van der Waals surface area contributed by atoms with Crippen LogP contribution >= 0.6 is 22.7 Å². The fourth-order valence-corrected chi connectivity index (χ4v) is 12.7. The smallest absolute Gasteiger partial charge is 0.0640 e. The maximum atomic E-state index is 2.57. The predicted octanol–water partition coefficient (Wildman–Crippen LogP) is 19.8. The first-order valence-electron chi connectivity index (χ1n) is 23.4. The van der Waals surface area contributed by atoms with E-state index >= 15 is 0 Å². The van der Waals surface area contributed by atoms with E-state index in [1.54, 1.807) is 0 Å². The van der Waals surface area contributed by atoms with Crippen molar-refractivity contribution in [3.8, 4) is 0 Å². The molecule has 0 N–H and O–H groups in total. The van der Waals surface area contributed by atoms with E-state index in [0.717, 1.165) is 22.7 Å². The minimum absolute atomic E-state index is 0.00450. The molecule has 0 bridgehead atoms. The Labute approximate surface area is 395 Å². The summed E-state index contributed by atoms with van der Waals surface area (Å²) in [6.45, 7) is 16.1. The second kappa shape index (κ2) is 15.4. The van der Waals surface area contributed by atoms with Gasteiger partial charge in [0.25, 0.3) is 0 Å². The Bertz CT molecular complexity index is 3570. The van der Waals surface area contributed by atoms with Gasteiger partial charge in [-0.15, -0.1) is 22.7 Å². The van der Waals surface area contributed by atoms with Gasteiger partial charge in [-0.1, -0.05) is 170 Å². The van der Waals surface area contributed by atoms with Crippen LogP contribution in [0.4, 0.5) is 34.1 Å². The van der Waals surface area contributed by atoms with Gasteiger partial charge in [0.2, 0.25) is 0 Å². The van der Waals surface area contributed by atoms with E-state index in [-0.39, 0.29) is 5.41 Å². The van der Waals surface area contributed by atoms with Crippen LogP contribution in [0.1, 0.15) is 77.0 Å². The van der Waals surface area contributed by atoms with Crippen LogP contribution in [0.3, 0.4) is 0 Å². The average molecular weight is 889 g/mol. The Morgan fingerprint density at radius 2 is 0.803 bits per heavy atom. The van der Waals surface area contributed by atoms with Gasteiger partial charge in [0.1, 0.15) is 0 Å². The minimum Gasteiger partial charge on any atom is -0.308 e. The molecule has 12 aromatic rings. The molecule has 0 unspecified atom stereocenters. The molecule has 4 heteroatoms. The molecule has 2 nitrogen and oxygen atoms in total. The summed E-state index contributed by atoms with van der Waals surface area (Å²) in [7, 11) is 0. The van der Waals surface area contributed by atoms with Crippen LogP contribution in [0, 0.1) is 0 Å². The Kier molecular flexibility index (Phi) is 9.54. The highest BCUT2D eigenvalue weighted by atomic mass is 32.1. The van der Waals surface area contributed by atoms with Crippen LogP contribution in [0.2, 0.25) is 0 Å². The Morgan fingerprint density at radius 3 is 1.23 bits per heavy atom. The molecule has 0 saturated carbocycles. The van der Waals surface area contributed by atoms with Crippen molar-refractivity contribution in [3.63, 3.8) is 0 Å². The van der Waals surface area contributed by atoms with Crippen molar-refractivity contribution < 1.29 is 0 Å². The fourth-order valence-electron chi connectivity index (χ4n) is 10.3. The lowest BCUT2D eigenvalue weighted by atomic mass is 9.83. The third-order valence-electron chi connectivity index (χ3n) is 13.9. The Morgan fingerprint density at radius 1 is 0.379 bits per heavy atom. The van der Waals surface area contributed by atoms with Gasteiger partial charge in [-0.25, -0.2) is 0 Å². The molecule has 0 radical (unpaired) electrons. The maximum Gasteiger partial charge on any atom is 0.0640 e. The summed E-state index contributed by atoms with van der Waals surface area (Å²) in [5.41, 5.74) is 11.0. The van der Waals surface area contributed by atoms with E-state index < -0.39 is 0 Å². The number of nitrogens with zero attached hydrogens (tertiary/aromatic N) is 2. The summed E-state index contributed by atoms with van der Waals surface area (Å²) in [5, 5.41) is 12.8. The molecule has 0 aliphatic rings. The molecule has 0 saturated heterocycles. The number of rotatable bonds is 8. The van der Waals surface area contributed by atoms with E-state index in [4.69, 9.17) is 0 Å². The van der Waals surface area contributed by atoms with Gasteiger partial charge in [-0.05, 0) is 105 Å². The van der Waals surface area contributed by atoms with Gasteiger partial charge in [0, 0.05) is 58.5 Å². The molecular formula is C62H52N2S2. The van der Waals surface area contributed by atoms with Gasteiger partial charge in [-0.2, -0.15) is 0 Å². The summed E-state index contributed by atoms with van der Waals surface area (Å²) in [4.78, 5) is 5.13. The zero-order valence-electron chi connectivity index (χ0n) is 38.6. The van der Waals surface area contributed by atoms with Crippen LogP contribution in [-0.4, -0.2) is 0 Å². The topological polar surface area (TPSA) is 6.48 Å². The van der Waals surface area contributed by atoms with Crippen LogP contribution < -0.4 is 9.80 Å². The van der Waals surface area contributed by atoms with Crippen molar-refractivity contribution in [3.05, 3.63) is 193 Å². The van der Waals surface area contributed by atoms with Gasteiger partial charge >= 0.3 is 0 Å². The third kappa shape index (κ3) is 6.48. The van der Waals surface area contributed by atoms with Gasteiger partial charge in [0.05, 0.1) is 32.1 Å². The Balaban J connectivity index is 1.24. The summed E-state index contributed by atoms with van der Waals surface area (Å²) >= 11 is 3.78. The molecule has 10 aromatic carbocycles. The third-order valence-corrected chi connectivity index (χ3v) is 16.3. The first-order chi connectivity index (χ1) is 32.0. The van der Waals surface area contributed by atoms with E-state index in [1.165, 1.54) is 101 Å². The van der Waals surface area contributed by atoms with E-state index in [0.29, 0.717) is 11.8 Å². The molecule has 0 atom stereocenters. The van der Waals surface area contributed by atoms with Crippen LogP contribution in [-0.2, 0) is 5.41 Å². The molecule has 0 aliphatic carbocycles. The van der Waals surface area contributed by atoms with Crippen LogP contribution in [0.25, 0.3) is 72.7 Å². The first-order valence-corrected chi connectivity index (χ1v) is 25.0. The SMILES string of the molecule is CC(C)c1ccc(N(c2cc(N(c3ccc(C(C)C)cc3)c3cccc4c3sc3ccccc34)c3ccc4cc(C(C)(C)C)cc5ccc2c3c54)c2cccc3c2sc2ccccc23)cc1. The molecule has 322 valence electrons. The lowest BCUT2D eigenvalue weighted by Gasteiger charge is -2.33. The molecule has 2 aromatic heterocycles. The predicted molar refractivity (Wildman–Crippen MR) is 292 cm³/mol. The number of anilines is 6. The van der Waals surface area contributed by atoms with Crippen LogP contribution in [0.5, 0.6) is 0 Å². The molecule has 0 amide bonds. The van der Waals surface area contributed by atoms with Crippen molar-refractivity contribution in [2.45, 2.75) is 65.7 Å². The standard InChI is InChI=1S/C62H52N2S2/c1-37(2)39-22-28-44(29-23-39)63(52-18-12-16-48-46-14-8-10-20-56(46)65-60(48)52)54-36-55(51-33-27-42-35-43(62(5,6)7)34-41-26-32-50(54)59(51)58(41)42)64(45-30-24-40(25-31-45)38(3)4)53-19-13-17-49-47-15-9-11-21-57(47)66-61(49)53/h8-38H,1-7H3. The van der Waals surface area contributed by atoms with Crippen molar-refractivity contribution >= 4 is 129 Å². The molecule has 66 heavy (non-hydrogen) atoms. The van der Waals surface area contributed by atoms with Crippen molar-refractivity contribution in [1.82, 2.24) is 0 Å². The average Bonchev–Trinajstić information content (AvgIpc) is 3.91. The van der Waals surface area contributed by atoms with E-state index in [9.17, 15) is 0 Å². The van der Waals surface area contributed by atoms with Crippen LogP contribution in [0.15, 0.2) is 176 Å². The van der Waals surface area contributed by atoms with Gasteiger partial charge in [-0.3, -0.25) is 0 Å². The number of benzene rings is 10. The molecule has 2 heterocycles. The second-order valence-electron chi connectivity index (χ2n) is 19.7. The normalized spacial score (nSPS) is 12.4. The van der Waals surface area contributed by atoms with Crippen molar-refractivity contribution in [1.29, 1.82) is 0 Å². The summed E-state index contributed by atoms with van der Waals surface area (Å²) in [6.07, 6.45) is 0. The molecule has 12 rings (SSSR count). The van der Waals surface area contributed by atoms with Gasteiger partial charge in [0.15, 0.2) is 0 Å².